The summed E-state index contributed by atoms with van der Waals surface area (Å²) in [6, 6.07) is 23.5. The molecule has 0 spiro atoms. The van der Waals surface area contributed by atoms with Crippen molar-refractivity contribution in [2.45, 2.75) is 23.8 Å². The van der Waals surface area contributed by atoms with Crippen molar-refractivity contribution in [2.75, 3.05) is 7.11 Å². The zero-order valence-electron chi connectivity index (χ0n) is 16.6. The molecule has 0 bridgehead atoms. The number of benzene rings is 3. The van der Waals surface area contributed by atoms with Crippen LogP contribution in [0.15, 0.2) is 96.4 Å². The number of hydrogen-bond donors (Lipinski definition) is 1. The fourth-order valence-corrected chi connectivity index (χ4v) is 4.50. The maximum absolute atomic E-state index is 13.1. The van der Waals surface area contributed by atoms with Crippen molar-refractivity contribution >= 4 is 10.0 Å². The molecule has 0 aliphatic heterocycles. The minimum Gasteiger partial charge on any atom is -0.497 e. The van der Waals surface area contributed by atoms with Crippen LogP contribution in [0.5, 0.6) is 5.75 Å². The normalized spacial score (nSPS) is 13.4. The lowest BCUT2D eigenvalue weighted by molar-refractivity contribution is 0.414. The van der Waals surface area contributed by atoms with Crippen LogP contribution in [0, 0.1) is 6.92 Å². The van der Waals surface area contributed by atoms with Crippen LogP contribution >= 0.6 is 0 Å². The molecule has 5 heteroatoms. The highest BCUT2D eigenvalue weighted by atomic mass is 32.2. The van der Waals surface area contributed by atoms with E-state index in [1.807, 2.05) is 61.5 Å². The molecule has 4 nitrogen and oxygen atoms in total. The minimum atomic E-state index is -3.72. The summed E-state index contributed by atoms with van der Waals surface area (Å²) in [5.41, 5.74) is 2.82. The van der Waals surface area contributed by atoms with E-state index in [2.05, 4.69) is 11.3 Å². The van der Waals surface area contributed by atoms with Gasteiger partial charge in [-0.2, -0.15) is 0 Å². The molecule has 3 aromatic carbocycles. The second kappa shape index (κ2) is 9.07. The summed E-state index contributed by atoms with van der Waals surface area (Å²) in [6.45, 7) is 5.90. The number of sulfonamides is 1. The topological polar surface area (TPSA) is 55.4 Å². The lowest BCUT2D eigenvalue weighted by Gasteiger charge is -2.27. The monoisotopic (exact) mass is 407 g/mol. The van der Waals surface area contributed by atoms with E-state index in [-0.39, 0.29) is 10.8 Å². The Kier molecular flexibility index (Phi) is 6.52. The van der Waals surface area contributed by atoms with E-state index in [0.717, 1.165) is 22.4 Å². The predicted molar refractivity (Wildman–Crippen MR) is 117 cm³/mol. The van der Waals surface area contributed by atoms with Gasteiger partial charge in [-0.25, -0.2) is 13.1 Å². The molecule has 0 saturated heterocycles. The fraction of sp³-hybridized carbons (Fsp3) is 0.167. The van der Waals surface area contributed by atoms with Crippen molar-refractivity contribution < 1.29 is 13.2 Å². The number of hydrogen-bond acceptors (Lipinski definition) is 3. The number of rotatable bonds is 8. The molecule has 3 aromatic rings. The van der Waals surface area contributed by atoms with Crippen LogP contribution < -0.4 is 9.46 Å². The molecule has 0 aliphatic carbocycles. The highest BCUT2D eigenvalue weighted by molar-refractivity contribution is 7.89. The highest BCUT2D eigenvalue weighted by Gasteiger charge is 2.28. The first-order valence-electron chi connectivity index (χ1n) is 9.35. The van der Waals surface area contributed by atoms with Crippen molar-refractivity contribution in [2.24, 2.45) is 0 Å². The van der Waals surface area contributed by atoms with Crippen LogP contribution in [-0.2, 0) is 10.0 Å². The third-order valence-corrected chi connectivity index (χ3v) is 6.34. The van der Waals surface area contributed by atoms with E-state index in [1.165, 1.54) is 0 Å². The summed E-state index contributed by atoms with van der Waals surface area (Å²) >= 11 is 0. The van der Waals surface area contributed by atoms with Gasteiger partial charge in [0.15, 0.2) is 0 Å². The largest absolute Gasteiger partial charge is 0.497 e. The number of methoxy groups -OCH3 is 1. The van der Waals surface area contributed by atoms with Gasteiger partial charge in [-0.1, -0.05) is 66.2 Å². The third-order valence-electron chi connectivity index (χ3n) is 4.89. The molecule has 0 fully saturated rings. The summed E-state index contributed by atoms with van der Waals surface area (Å²) in [5.74, 6) is 0.483. The van der Waals surface area contributed by atoms with E-state index in [9.17, 15) is 8.42 Å². The molecular formula is C24H25NO3S. The van der Waals surface area contributed by atoms with Crippen molar-refractivity contribution in [3.8, 4) is 5.75 Å². The molecule has 0 aliphatic rings. The quantitative estimate of drug-likeness (QED) is 0.535. The maximum Gasteiger partial charge on any atom is 0.241 e. The molecular weight excluding hydrogens is 382 g/mol. The first-order chi connectivity index (χ1) is 13.9. The summed E-state index contributed by atoms with van der Waals surface area (Å²) in [7, 11) is -2.11. The standard InChI is InChI=1S/C24H25NO3S/c1-4-23(19-12-14-21(28-3)15-13-19)24(20-8-6-5-7-9-20)25-29(26,27)22-16-10-18(2)11-17-22/h4-17,23-25H,1H2,2-3H3/t23-,24+/m0/s1. The summed E-state index contributed by atoms with van der Waals surface area (Å²) < 4.78 is 34.4. The summed E-state index contributed by atoms with van der Waals surface area (Å²) in [5, 5.41) is 0. The van der Waals surface area contributed by atoms with E-state index in [0.29, 0.717) is 0 Å². The first kappa shape index (κ1) is 20.8. The van der Waals surface area contributed by atoms with Crippen LogP contribution in [-0.4, -0.2) is 15.5 Å². The van der Waals surface area contributed by atoms with Gasteiger partial charge < -0.3 is 4.74 Å². The molecule has 0 saturated carbocycles. The zero-order chi connectivity index (χ0) is 20.9. The molecule has 2 atom stereocenters. The molecule has 150 valence electrons. The molecule has 1 N–H and O–H groups in total. The molecule has 29 heavy (non-hydrogen) atoms. The van der Waals surface area contributed by atoms with E-state index in [4.69, 9.17) is 4.74 Å². The van der Waals surface area contributed by atoms with E-state index >= 15 is 0 Å². The van der Waals surface area contributed by atoms with Gasteiger partial charge in [-0.3, -0.25) is 0 Å². The van der Waals surface area contributed by atoms with Crippen LogP contribution in [0.25, 0.3) is 0 Å². The van der Waals surface area contributed by atoms with Crippen molar-refractivity contribution in [1.82, 2.24) is 4.72 Å². The van der Waals surface area contributed by atoms with Gasteiger partial charge in [0.05, 0.1) is 18.0 Å². The molecule has 0 heterocycles. The van der Waals surface area contributed by atoms with Crippen LogP contribution in [0.4, 0.5) is 0 Å². The molecule has 0 amide bonds. The smallest absolute Gasteiger partial charge is 0.241 e. The van der Waals surface area contributed by atoms with Crippen LogP contribution in [0.3, 0.4) is 0 Å². The van der Waals surface area contributed by atoms with Crippen LogP contribution in [0.2, 0.25) is 0 Å². The van der Waals surface area contributed by atoms with Gasteiger partial charge in [0.25, 0.3) is 0 Å². The number of aryl methyl sites for hydroxylation is 1. The van der Waals surface area contributed by atoms with Crippen LogP contribution in [0.1, 0.15) is 28.7 Å². The third kappa shape index (κ3) is 4.94. The molecule has 0 aromatic heterocycles. The molecule has 0 radical (unpaired) electrons. The first-order valence-corrected chi connectivity index (χ1v) is 10.8. The Labute approximate surface area is 172 Å². The SMILES string of the molecule is C=C[C@@H](c1ccc(OC)cc1)[C@H](NS(=O)(=O)c1ccc(C)cc1)c1ccccc1. The van der Waals surface area contributed by atoms with Gasteiger partial charge in [0, 0.05) is 5.92 Å². The predicted octanol–water partition coefficient (Wildman–Crippen LogP) is 4.99. The lowest BCUT2D eigenvalue weighted by atomic mass is 9.88. The second-order valence-corrected chi connectivity index (χ2v) is 8.57. The summed E-state index contributed by atoms with van der Waals surface area (Å²) in [6.07, 6.45) is 1.77. The van der Waals surface area contributed by atoms with Crippen molar-refractivity contribution in [3.63, 3.8) is 0 Å². The van der Waals surface area contributed by atoms with Crippen molar-refractivity contribution in [1.29, 1.82) is 0 Å². The summed E-state index contributed by atoms with van der Waals surface area (Å²) in [4.78, 5) is 0.238. The van der Waals surface area contributed by atoms with Gasteiger partial charge in [-0.05, 0) is 42.3 Å². The Hall–Kier alpha value is -2.89. The molecule has 3 rings (SSSR count). The average Bonchev–Trinajstić information content (AvgIpc) is 2.75. The van der Waals surface area contributed by atoms with E-state index in [1.54, 1.807) is 37.5 Å². The lowest BCUT2D eigenvalue weighted by Crippen LogP contribution is -2.32. The highest BCUT2D eigenvalue weighted by Crippen LogP contribution is 2.34. The molecule has 0 unspecified atom stereocenters. The Morgan fingerprint density at radius 1 is 0.897 bits per heavy atom. The fourth-order valence-electron chi connectivity index (χ4n) is 3.25. The zero-order valence-corrected chi connectivity index (χ0v) is 17.4. The minimum absolute atomic E-state index is 0.238. The van der Waals surface area contributed by atoms with Gasteiger partial charge in [-0.15, -0.1) is 6.58 Å². The Morgan fingerprint density at radius 3 is 2.07 bits per heavy atom. The number of nitrogens with one attached hydrogen (secondary N) is 1. The maximum atomic E-state index is 13.1. The van der Waals surface area contributed by atoms with E-state index < -0.39 is 16.1 Å². The average molecular weight is 408 g/mol. The Balaban J connectivity index is 2.01. The van der Waals surface area contributed by atoms with Crippen molar-refractivity contribution in [3.05, 3.63) is 108 Å². The van der Waals surface area contributed by atoms with Gasteiger partial charge >= 0.3 is 0 Å². The Bertz CT molecular complexity index is 1040. The number of ether oxygens (including phenoxy) is 1. The second-order valence-electron chi connectivity index (χ2n) is 6.86. The van der Waals surface area contributed by atoms with Gasteiger partial charge in [0.1, 0.15) is 5.75 Å². The van der Waals surface area contributed by atoms with Gasteiger partial charge in [0.2, 0.25) is 10.0 Å². The Morgan fingerprint density at radius 2 is 1.52 bits per heavy atom.